The van der Waals surface area contributed by atoms with Crippen LogP contribution in [0.15, 0.2) is 6.20 Å². The number of rotatable bonds is 2. The van der Waals surface area contributed by atoms with E-state index in [2.05, 4.69) is 10.3 Å². The van der Waals surface area contributed by atoms with Gasteiger partial charge in [0, 0.05) is 25.6 Å². The summed E-state index contributed by atoms with van der Waals surface area (Å²) < 4.78 is 7.08. The van der Waals surface area contributed by atoms with E-state index in [4.69, 9.17) is 4.74 Å². The standard InChI is InChI=1S/C10H15N3O2/c1-10(2)9(14)7(6-15-10)4-8-5-13(3)12-11-8/h5,7H,4,6H2,1-3H3. The zero-order chi connectivity index (χ0) is 11.1. The Bertz CT molecular complexity index is 384. The Labute approximate surface area is 88.4 Å². The molecule has 0 N–H and O–H groups in total. The van der Waals surface area contributed by atoms with Gasteiger partial charge in [-0.25, -0.2) is 0 Å². The van der Waals surface area contributed by atoms with E-state index in [-0.39, 0.29) is 11.7 Å². The number of carbonyl (C=O) groups excluding carboxylic acids is 1. The lowest BCUT2D eigenvalue weighted by Gasteiger charge is -2.13. The Balaban J connectivity index is 2.06. The fourth-order valence-corrected chi connectivity index (χ4v) is 1.84. The predicted molar refractivity (Wildman–Crippen MR) is 53.2 cm³/mol. The third kappa shape index (κ3) is 1.92. The molecular weight excluding hydrogens is 194 g/mol. The van der Waals surface area contributed by atoms with E-state index in [1.54, 1.807) is 4.68 Å². The van der Waals surface area contributed by atoms with Crippen LogP contribution in [-0.2, 0) is 23.0 Å². The highest BCUT2D eigenvalue weighted by molar-refractivity contribution is 5.90. The summed E-state index contributed by atoms with van der Waals surface area (Å²) >= 11 is 0. The van der Waals surface area contributed by atoms with Crippen molar-refractivity contribution < 1.29 is 9.53 Å². The van der Waals surface area contributed by atoms with Crippen molar-refractivity contribution in [1.82, 2.24) is 15.0 Å². The minimum Gasteiger partial charge on any atom is -0.367 e. The number of nitrogens with zero attached hydrogens (tertiary/aromatic N) is 3. The molecule has 5 heteroatoms. The summed E-state index contributed by atoms with van der Waals surface area (Å²) in [5.74, 6) is 0.0878. The zero-order valence-corrected chi connectivity index (χ0v) is 9.23. The van der Waals surface area contributed by atoms with Crippen LogP contribution in [0.4, 0.5) is 0 Å². The smallest absolute Gasteiger partial charge is 0.169 e. The van der Waals surface area contributed by atoms with E-state index >= 15 is 0 Å². The first-order chi connectivity index (χ1) is 6.99. The molecule has 2 heterocycles. The van der Waals surface area contributed by atoms with Gasteiger partial charge in [-0.05, 0) is 13.8 Å². The van der Waals surface area contributed by atoms with Gasteiger partial charge in [-0.3, -0.25) is 9.48 Å². The third-order valence-corrected chi connectivity index (χ3v) is 2.72. The Morgan fingerprint density at radius 2 is 2.40 bits per heavy atom. The maximum absolute atomic E-state index is 11.9. The molecule has 0 bridgehead atoms. The van der Waals surface area contributed by atoms with E-state index in [1.165, 1.54) is 0 Å². The van der Waals surface area contributed by atoms with Gasteiger partial charge in [-0.2, -0.15) is 0 Å². The molecule has 2 rings (SSSR count). The van der Waals surface area contributed by atoms with Gasteiger partial charge < -0.3 is 4.74 Å². The van der Waals surface area contributed by atoms with Crippen molar-refractivity contribution >= 4 is 5.78 Å². The van der Waals surface area contributed by atoms with E-state index in [1.807, 2.05) is 27.1 Å². The maximum Gasteiger partial charge on any atom is 0.169 e. The Kier molecular flexibility index (Phi) is 2.34. The third-order valence-electron chi connectivity index (χ3n) is 2.72. The monoisotopic (exact) mass is 209 g/mol. The SMILES string of the molecule is Cn1cc(CC2COC(C)(C)C2=O)nn1. The van der Waals surface area contributed by atoms with Crippen molar-refractivity contribution in [2.45, 2.75) is 25.9 Å². The average molecular weight is 209 g/mol. The molecule has 1 aliphatic rings. The maximum atomic E-state index is 11.9. The first-order valence-corrected chi connectivity index (χ1v) is 5.02. The second-order valence-corrected chi connectivity index (χ2v) is 4.47. The van der Waals surface area contributed by atoms with Crippen molar-refractivity contribution in [3.8, 4) is 0 Å². The number of aromatic nitrogens is 3. The summed E-state index contributed by atoms with van der Waals surface area (Å²) in [7, 11) is 1.81. The van der Waals surface area contributed by atoms with Gasteiger partial charge in [0.25, 0.3) is 0 Å². The normalized spacial score (nSPS) is 24.7. The highest BCUT2D eigenvalue weighted by Crippen LogP contribution is 2.27. The van der Waals surface area contributed by atoms with Gasteiger partial charge >= 0.3 is 0 Å². The molecule has 1 atom stereocenters. The van der Waals surface area contributed by atoms with Crippen LogP contribution in [-0.4, -0.2) is 33.0 Å². The highest BCUT2D eigenvalue weighted by Gasteiger charge is 2.41. The number of Topliss-reactive ketones (excluding diaryl/α,β-unsaturated/α-hetero) is 1. The van der Waals surface area contributed by atoms with Crippen LogP contribution >= 0.6 is 0 Å². The Hall–Kier alpha value is -1.23. The minimum absolute atomic E-state index is 0.0725. The van der Waals surface area contributed by atoms with Gasteiger partial charge in [-0.15, -0.1) is 5.10 Å². The molecule has 1 aliphatic heterocycles. The molecule has 0 amide bonds. The lowest BCUT2D eigenvalue weighted by atomic mass is 9.93. The minimum atomic E-state index is -0.632. The Morgan fingerprint density at radius 3 is 2.87 bits per heavy atom. The zero-order valence-electron chi connectivity index (χ0n) is 9.23. The molecular formula is C10H15N3O2. The molecule has 0 radical (unpaired) electrons. The molecule has 5 nitrogen and oxygen atoms in total. The summed E-state index contributed by atoms with van der Waals surface area (Å²) in [4.78, 5) is 11.9. The number of ether oxygens (including phenoxy) is 1. The van der Waals surface area contributed by atoms with Crippen molar-refractivity contribution in [1.29, 1.82) is 0 Å². The molecule has 0 spiro atoms. The largest absolute Gasteiger partial charge is 0.367 e. The van der Waals surface area contributed by atoms with Gasteiger partial charge in [0.15, 0.2) is 5.78 Å². The molecule has 15 heavy (non-hydrogen) atoms. The molecule has 1 aromatic rings. The van der Waals surface area contributed by atoms with Crippen molar-refractivity contribution in [3.63, 3.8) is 0 Å². The molecule has 1 fully saturated rings. The van der Waals surface area contributed by atoms with Crippen LogP contribution in [0.3, 0.4) is 0 Å². The topological polar surface area (TPSA) is 57.0 Å². The van der Waals surface area contributed by atoms with Crippen LogP contribution in [0, 0.1) is 5.92 Å². The highest BCUT2D eigenvalue weighted by atomic mass is 16.5. The number of hydrogen-bond acceptors (Lipinski definition) is 4. The van der Waals surface area contributed by atoms with Crippen LogP contribution in [0.1, 0.15) is 19.5 Å². The fraction of sp³-hybridized carbons (Fsp3) is 0.700. The molecule has 82 valence electrons. The molecule has 1 aromatic heterocycles. The second-order valence-electron chi connectivity index (χ2n) is 4.47. The summed E-state index contributed by atoms with van der Waals surface area (Å²) in [6, 6.07) is 0. The number of ketones is 1. The lowest BCUT2D eigenvalue weighted by molar-refractivity contribution is -0.130. The fourth-order valence-electron chi connectivity index (χ4n) is 1.84. The van der Waals surface area contributed by atoms with E-state index in [0.29, 0.717) is 13.0 Å². The number of carbonyl (C=O) groups is 1. The van der Waals surface area contributed by atoms with E-state index in [0.717, 1.165) is 5.69 Å². The van der Waals surface area contributed by atoms with Crippen LogP contribution in [0.2, 0.25) is 0 Å². The van der Waals surface area contributed by atoms with Crippen molar-refractivity contribution in [2.75, 3.05) is 6.61 Å². The number of aryl methyl sites for hydroxylation is 1. The molecule has 1 saturated heterocycles. The molecule has 1 unspecified atom stereocenters. The van der Waals surface area contributed by atoms with Gasteiger partial charge in [-0.1, -0.05) is 5.21 Å². The Morgan fingerprint density at radius 1 is 1.67 bits per heavy atom. The predicted octanol–water partition coefficient (Wildman–Crippen LogP) is 0.352. The summed E-state index contributed by atoms with van der Waals surface area (Å²) in [5.41, 5.74) is 0.213. The molecule has 0 saturated carbocycles. The van der Waals surface area contributed by atoms with Crippen LogP contribution in [0.25, 0.3) is 0 Å². The van der Waals surface area contributed by atoms with Crippen molar-refractivity contribution in [3.05, 3.63) is 11.9 Å². The van der Waals surface area contributed by atoms with Gasteiger partial charge in [0.1, 0.15) is 5.60 Å². The van der Waals surface area contributed by atoms with Gasteiger partial charge in [0.05, 0.1) is 12.3 Å². The summed E-state index contributed by atoms with van der Waals surface area (Å²) in [6.07, 6.45) is 2.45. The van der Waals surface area contributed by atoms with Crippen LogP contribution < -0.4 is 0 Å². The summed E-state index contributed by atoms with van der Waals surface area (Å²) in [5, 5.41) is 7.80. The van der Waals surface area contributed by atoms with E-state index < -0.39 is 5.60 Å². The quantitative estimate of drug-likeness (QED) is 0.705. The van der Waals surface area contributed by atoms with Crippen LogP contribution in [0.5, 0.6) is 0 Å². The second kappa shape index (κ2) is 3.41. The molecule has 0 aliphatic carbocycles. The lowest BCUT2D eigenvalue weighted by Crippen LogP contribution is -2.30. The summed E-state index contributed by atoms with van der Waals surface area (Å²) in [6.45, 7) is 4.11. The van der Waals surface area contributed by atoms with Crippen molar-refractivity contribution in [2.24, 2.45) is 13.0 Å². The van der Waals surface area contributed by atoms with Gasteiger partial charge in [0.2, 0.25) is 0 Å². The number of hydrogen-bond donors (Lipinski definition) is 0. The molecule has 0 aromatic carbocycles. The van der Waals surface area contributed by atoms with E-state index in [9.17, 15) is 4.79 Å². The average Bonchev–Trinajstić information content (AvgIpc) is 2.66. The first kappa shape index (κ1) is 10.3. The first-order valence-electron chi connectivity index (χ1n) is 5.02.